The summed E-state index contributed by atoms with van der Waals surface area (Å²) in [5.74, 6) is 1.08. The van der Waals surface area contributed by atoms with Gasteiger partial charge in [-0.05, 0) is 56.7 Å². The maximum atomic E-state index is 13.7. The van der Waals surface area contributed by atoms with Crippen molar-refractivity contribution >= 4 is 48.5 Å². The number of aromatic nitrogens is 3. The summed E-state index contributed by atoms with van der Waals surface area (Å²) >= 11 is 5.02. The maximum absolute atomic E-state index is 13.7. The second kappa shape index (κ2) is 10.8. The Morgan fingerprint density at radius 3 is 2.70 bits per heavy atom. The van der Waals surface area contributed by atoms with Crippen LogP contribution in [0.1, 0.15) is 30.6 Å². The Labute approximate surface area is 205 Å². The molecule has 0 fully saturated rings. The van der Waals surface area contributed by atoms with Gasteiger partial charge in [0.15, 0.2) is 16.6 Å². The molecular formula is C24H25BrN4O3S. The third kappa shape index (κ3) is 5.54. The number of halogens is 1. The van der Waals surface area contributed by atoms with Crippen molar-refractivity contribution in [2.75, 3.05) is 24.7 Å². The second-order valence-electron chi connectivity index (χ2n) is 7.25. The highest BCUT2D eigenvalue weighted by atomic mass is 79.9. The third-order valence-electron chi connectivity index (χ3n) is 4.96. The number of thiazole rings is 1. The van der Waals surface area contributed by atoms with Crippen LogP contribution in [0, 0.1) is 0 Å². The van der Waals surface area contributed by atoms with Crippen LogP contribution >= 0.6 is 27.3 Å². The lowest BCUT2D eigenvalue weighted by molar-refractivity contribution is 0.0985. The van der Waals surface area contributed by atoms with Crippen molar-refractivity contribution in [1.82, 2.24) is 14.5 Å². The van der Waals surface area contributed by atoms with Crippen molar-refractivity contribution in [2.24, 2.45) is 0 Å². The third-order valence-corrected chi connectivity index (χ3v) is 6.50. The number of nitrogens with zero attached hydrogens (tertiary/aromatic N) is 4. The lowest BCUT2D eigenvalue weighted by atomic mass is 10.1. The minimum absolute atomic E-state index is 0.122. The van der Waals surface area contributed by atoms with Gasteiger partial charge in [-0.2, -0.15) is 0 Å². The molecule has 9 heteroatoms. The van der Waals surface area contributed by atoms with Crippen LogP contribution in [-0.4, -0.2) is 40.2 Å². The van der Waals surface area contributed by atoms with Crippen LogP contribution in [0.2, 0.25) is 0 Å². The van der Waals surface area contributed by atoms with Gasteiger partial charge in [0.25, 0.3) is 5.91 Å². The highest BCUT2D eigenvalue weighted by Crippen LogP contribution is 2.33. The van der Waals surface area contributed by atoms with E-state index in [4.69, 9.17) is 14.5 Å². The van der Waals surface area contributed by atoms with E-state index in [-0.39, 0.29) is 5.91 Å². The SMILES string of the molecule is CCOc1ccc(C(=O)N(CCCn2ccnc2)c2nc3ccc(Br)cc3s2)cc1OCC. The van der Waals surface area contributed by atoms with E-state index in [9.17, 15) is 4.79 Å². The molecule has 7 nitrogen and oxygen atoms in total. The van der Waals surface area contributed by atoms with E-state index in [0.29, 0.717) is 42.0 Å². The first-order chi connectivity index (χ1) is 16.1. The minimum atomic E-state index is -0.122. The summed E-state index contributed by atoms with van der Waals surface area (Å²) in [6.45, 7) is 6.12. The number of hydrogen-bond acceptors (Lipinski definition) is 6. The van der Waals surface area contributed by atoms with Gasteiger partial charge in [-0.25, -0.2) is 9.97 Å². The summed E-state index contributed by atoms with van der Waals surface area (Å²) in [6, 6.07) is 11.3. The van der Waals surface area contributed by atoms with Crippen molar-refractivity contribution in [3.63, 3.8) is 0 Å². The van der Waals surface area contributed by atoms with Crippen molar-refractivity contribution in [3.05, 3.63) is 65.2 Å². The molecule has 0 saturated heterocycles. The molecule has 0 bridgehead atoms. The molecule has 0 unspecified atom stereocenters. The number of anilines is 1. The van der Waals surface area contributed by atoms with E-state index in [1.807, 2.05) is 42.8 Å². The fourth-order valence-corrected chi connectivity index (χ4v) is 5.00. The van der Waals surface area contributed by atoms with Gasteiger partial charge in [0.2, 0.25) is 0 Å². The fourth-order valence-electron chi connectivity index (χ4n) is 3.46. The summed E-state index contributed by atoms with van der Waals surface area (Å²) in [4.78, 5) is 24.3. The van der Waals surface area contributed by atoms with Crippen LogP contribution in [0.5, 0.6) is 11.5 Å². The number of aryl methyl sites for hydroxylation is 1. The Balaban J connectivity index is 1.65. The predicted octanol–water partition coefficient (Wildman–Crippen LogP) is 5.79. The molecule has 2 aromatic carbocycles. The summed E-state index contributed by atoms with van der Waals surface area (Å²) in [6.07, 6.45) is 6.21. The number of carbonyl (C=O) groups excluding carboxylic acids is 1. The van der Waals surface area contributed by atoms with Gasteiger partial charge in [0.05, 0.1) is 29.8 Å². The molecule has 0 N–H and O–H groups in total. The van der Waals surface area contributed by atoms with Gasteiger partial charge in [-0.3, -0.25) is 9.69 Å². The van der Waals surface area contributed by atoms with Crippen molar-refractivity contribution < 1.29 is 14.3 Å². The van der Waals surface area contributed by atoms with Crippen molar-refractivity contribution in [2.45, 2.75) is 26.8 Å². The monoisotopic (exact) mass is 528 g/mol. The molecule has 172 valence electrons. The number of ether oxygens (including phenoxy) is 2. The first-order valence-electron chi connectivity index (χ1n) is 10.8. The summed E-state index contributed by atoms with van der Waals surface area (Å²) in [5.41, 5.74) is 1.40. The van der Waals surface area contributed by atoms with Crippen LogP contribution < -0.4 is 14.4 Å². The van der Waals surface area contributed by atoms with Gasteiger partial charge in [0.1, 0.15) is 0 Å². The normalized spacial score (nSPS) is 11.0. The number of benzene rings is 2. The molecule has 2 heterocycles. The number of rotatable bonds is 10. The summed E-state index contributed by atoms with van der Waals surface area (Å²) < 4.78 is 15.4. The Hall–Kier alpha value is -2.91. The number of fused-ring (bicyclic) bond motifs is 1. The summed E-state index contributed by atoms with van der Waals surface area (Å²) in [5, 5.41) is 0.672. The molecular weight excluding hydrogens is 504 g/mol. The maximum Gasteiger partial charge on any atom is 0.260 e. The van der Waals surface area contributed by atoms with E-state index in [1.165, 1.54) is 11.3 Å². The zero-order valence-corrected chi connectivity index (χ0v) is 20.9. The van der Waals surface area contributed by atoms with Crippen molar-refractivity contribution in [3.8, 4) is 11.5 Å². The molecule has 4 aromatic rings. The molecule has 0 saturated carbocycles. The van der Waals surface area contributed by atoms with E-state index in [1.54, 1.807) is 35.6 Å². The average molecular weight is 529 g/mol. The Kier molecular flexibility index (Phi) is 7.61. The quantitative estimate of drug-likeness (QED) is 0.260. The van der Waals surface area contributed by atoms with E-state index >= 15 is 0 Å². The molecule has 1 amide bonds. The van der Waals surface area contributed by atoms with Gasteiger partial charge >= 0.3 is 0 Å². The Morgan fingerprint density at radius 1 is 1.12 bits per heavy atom. The first kappa shape index (κ1) is 23.3. The zero-order chi connectivity index (χ0) is 23.2. The van der Waals surface area contributed by atoms with Crippen LogP contribution in [0.3, 0.4) is 0 Å². The Morgan fingerprint density at radius 2 is 1.94 bits per heavy atom. The van der Waals surface area contributed by atoms with E-state index in [2.05, 4.69) is 20.9 Å². The number of carbonyl (C=O) groups is 1. The predicted molar refractivity (Wildman–Crippen MR) is 135 cm³/mol. The molecule has 0 aliphatic carbocycles. The van der Waals surface area contributed by atoms with Crippen molar-refractivity contribution in [1.29, 1.82) is 0 Å². The number of imidazole rings is 1. The Bertz CT molecular complexity index is 1230. The number of amides is 1. The molecule has 0 aliphatic heterocycles. The second-order valence-corrected chi connectivity index (χ2v) is 9.17. The summed E-state index contributed by atoms with van der Waals surface area (Å²) in [7, 11) is 0. The highest BCUT2D eigenvalue weighted by molar-refractivity contribution is 9.10. The molecule has 4 rings (SSSR count). The van der Waals surface area contributed by atoms with Crippen LogP contribution in [0.25, 0.3) is 10.2 Å². The van der Waals surface area contributed by atoms with Crippen LogP contribution in [0.4, 0.5) is 5.13 Å². The molecule has 0 aliphatic rings. The lowest BCUT2D eigenvalue weighted by Gasteiger charge is -2.21. The lowest BCUT2D eigenvalue weighted by Crippen LogP contribution is -2.32. The van der Waals surface area contributed by atoms with Gasteiger partial charge in [-0.15, -0.1) is 0 Å². The molecule has 33 heavy (non-hydrogen) atoms. The van der Waals surface area contributed by atoms with Crippen LogP contribution in [0.15, 0.2) is 59.6 Å². The largest absolute Gasteiger partial charge is 0.490 e. The molecule has 0 atom stereocenters. The molecule has 0 radical (unpaired) electrons. The smallest absolute Gasteiger partial charge is 0.260 e. The standard InChI is InChI=1S/C24H25BrN4O3S/c1-3-31-20-9-6-17(14-21(20)32-4-2)23(30)29(12-5-11-28-13-10-26-16-28)24-27-19-8-7-18(25)15-22(19)33-24/h6-10,13-16H,3-5,11-12H2,1-2H3. The first-order valence-corrected chi connectivity index (χ1v) is 12.4. The zero-order valence-electron chi connectivity index (χ0n) is 18.5. The number of hydrogen-bond donors (Lipinski definition) is 0. The minimum Gasteiger partial charge on any atom is -0.490 e. The molecule has 2 aromatic heterocycles. The fraction of sp³-hybridized carbons (Fsp3) is 0.292. The topological polar surface area (TPSA) is 69.5 Å². The molecule has 0 spiro atoms. The highest BCUT2D eigenvalue weighted by Gasteiger charge is 2.22. The van der Waals surface area contributed by atoms with Gasteiger partial charge in [0, 0.05) is 35.5 Å². The van der Waals surface area contributed by atoms with Crippen LogP contribution in [-0.2, 0) is 6.54 Å². The van der Waals surface area contributed by atoms with E-state index < -0.39 is 0 Å². The average Bonchev–Trinajstić information content (AvgIpc) is 3.47. The van der Waals surface area contributed by atoms with E-state index in [0.717, 1.165) is 27.7 Å². The van der Waals surface area contributed by atoms with Gasteiger partial charge < -0.3 is 14.0 Å². The van der Waals surface area contributed by atoms with Gasteiger partial charge in [-0.1, -0.05) is 27.3 Å².